The quantitative estimate of drug-likeness (QED) is 0.792. The summed E-state index contributed by atoms with van der Waals surface area (Å²) in [6.07, 6.45) is 0.487. The highest BCUT2D eigenvalue weighted by atomic mass is 32.1. The Kier molecular flexibility index (Phi) is 4.39. The summed E-state index contributed by atoms with van der Waals surface area (Å²) in [4.78, 5) is 16.1. The summed E-state index contributed by atoms with van der Waals surface area (Å²) >= 11 is 1.11. The van der Waals surface area contributed by atoms with Crippen molar-refractivity contribution in [3.63, 3.8) is 0 Å². The van der Waals surface area contributed by atoms with Crippen LogP contribution in [-0.4, -0.2) is 29.8 Å². The molecule has 0 unspecified atom stereocenters. The maximum atomic E-state index is 11.7. The molecule has 0 atom stereocenters. The van der Waals surface area contributed by atoms with Gasteiger partial charge in [-0.2, -0.15) is 10.2 Å². The number of nitrogen functional groups attached to an aromatic ring is 1. The first kappa shape index (κ1) is 14.8. The van der Waals surface area contributed by atoms with Gasteiger partial charge in [0.2, 0.25) is 5.89 Å². The molecule has 0 spiro atoms. The number of nitrogens with one attached hydrogen (secondary N) is 1. The average molecular weight is 307 g/mol. The summed E-state index contributed by atoms with van der Waals surface area (Å²) in [7, 11) is 1.26. The zero-order valence-corrected chi connectivity index (χ0v) is 12.3. The fraction of sp³-hybridized carbons (Fsp3) is 0.333. The first-order chi connectivity index (χ1) is 10.1. The van der Waals surface area contributed by atoms with Crippen molar-refractivity contribution < 1.29 is 14.1 Å². The highest BCUT2D eigenvalue weighted by Crippen LogP contribution is 2.35. The van der Waals surface area contributed by atoms with E-state index in [2.05, 4.69) is 20.2 Å². The first-order valence-electron chi connectivity index (χ1n) is 6.00. The molecule has 0 amide bonds. The maximum Gasteiger partial charge on any atom is 0.343 e. The molecule has 21 heavy (non-hydrogen) atoms. The van der Waals surface area contributed by atoms with Crippen LogP contribution in [0.2, 0.25) is 0 Å². The number of nitrogens with zero attached hydrogens (tertiary/aromatic N) is 3. The average Bonchev–Trinajstić information content (AvgIpc) is 3.02. The van der Waals surface area contributed by atoms with Crippen LogP contribution in [0, 0.1) is 18.3 Å². The number of thiophene rings is 1. The Balaban J connectivity index is 2.12. The first-order valence-corrected chi connectivity index (χ1v) is 6.82. The third kappa shape index (κ3) is 3.11. The Bertz CT molecular complexity index is 700. The molecule has 2 aromatic rings. The van der Waals surface area contributed by atoms with Crippen molar-refractivity contribution in [1.29, 1.82) is 5.26 Å². The van der Waals surface area contributed by atoms with E-state index in [1.165, 1.54) is 7.11 Å². The van der Waals surface area contributed by atoms with Crippen LogP contribution in [0.3, 0.4) is 0 Å². The van der Waals surface area contributed by atoms with E-state index in [0.717, 1.165) is 11.3 Å². The number of anilines is 2. The number of rotatable bonds is 5. The second kappa shape index (κ2) is 6.23. The molecular formula is C12H13N5O3S. The second-order valence-electron chi connectivity index (χ2n) is 4.06. The molecule has 8 nitrogen and oxygen atoms in total. The highest BCUT2D eigenvalue weighted by Gasteiger charge is 2.22. The summed E-state index contributed by atoms with van der Waals surface area (Å²) in [5.41, 5.74) is 6.09. The number of nitrogens with two attached hydrogens (primary N) is 1. The minimum Gasteiger partial charge on any atom is -0.465 e. The van der Waals surface area contributed by atoms with E-state index in [4.69, 9.17) is 15.5 Å². The third-order valence-corrected chi connectivity index (χ3v) is 3.70. The van der Waals surface area contributed by atoms with E-state index < -0.39 is 5.97 Å². The number of carbonyl (C=O) groups is 1. The van der Waals surface area contributed by atoms with Gasteiger partial charge in [0.05, 0.1) is 12.8 Å². The van der Waals surface area contributed by atoms with Gasteiger partial charge in [-0.05, 0) is 6.92 Å². The van der Waals surface area contributed by atoms with Crippen molar-refractivity contribution in [3.8, 4) is 6.07 Å². The van der Waals surface area contributed by atoms with Gasteiger partial charge in [-0.1, -0.05) is 5.16 Å². The van der Waals surface area contributed by atoms with Crippen molar-refractivity contribution >= 4 is 28.0 Å². The predicted octanol–water partition coefficient (Wildman–Crippen LogP) is 1.33. The van der Waals surface area contributed by atoms with E-state index >= 15 is 0 Å². The molecular weight excluding hydrogens is 294 g/mol. The number of aromatic nitrogens is 2. The van der Waals surface area contributed by atoms with Crippen LogP contribution in [0.25, 0.3) is 0 Å². The molecule has 9 heteroatoms. The van der Waals surface area contributed by atoms with Gasteiger partial charge in [0, 0.05) is 13.0 Å². The van der Waals surface area contributed by atoms with Crippen LogP contribution < -0.4 is 11.1 Å². The van der Waals surface area contributed by atoms with Crippen molar-refractivity contribution in [3.05, 3.63) is 22.2 Å². The van der Waals surface area contributed by atoms with Crippen molar-refractivity contribution in [2.24, 2.45) is 0 Å². The molecule has 0 saturated heterocycles. The lowest BCUT2D eigenvalue weighted by Gasteiger charge is -2.05. The Hall–Kier alpha value is -2.60. The number of methoxy groups -OCH3 is 1. The van der Waals surface area contributed by atoms with E-state index in [-0.39, 0.29) is 16.1 Å². The normalized spacial score (nSPS) is 10.1. The van der Waals surface area contributed by atoms with E-state index in [1.54, 1.807) is 6.92 Å². The molecule has 2 heterocycles. The summed E-state index contributed by atoms with van der Waals surface area (Å²) in [5, 5.41) is 16.2. The Morgan fingerprint density at radius 3 is 2.95 bits per heavy atom. The number of carbonyl (C=O) groups excluding carboxylic acids is 1. The summed E-state index contributed by atoms with van der Waals surface area (Å²) in [5.74, 6) is 0.471. The predicted molar refractivity (Wildman–Crippen MR) is 76.0 cm³/mol. The van der Waals surface area contributed by atoms with Crippen molar-refractivity contribution in [2.75, 3.05) is 24.7 Å². The number of nitriles is 1. The van der Waals surface area contributed by atoms with Gasteiger partial charge in [0.1, 0.15) is 21.5 Å². The summed E-state index contributed by atoms with van der Waals surface area (Å²) in [6, 6.07) is 1.95. The Labute approximate surface area is 124 Å². The van der Waals surface area contributed by atoms with Crippen LogP contribution >= 0.6 is 11.3 Å². The van der Waals surface area contributed by atoms with Crippen molar-refractivity contribution in [2.45, 2.75) is 13.3 Å². The second-order valence-corrected chi connectivity index (χ2v) is 5.09. The number of esters is 1. The molecule has 0 bridgehead atoms. The monoisotopic (exact) mass is 307 g/mol. The van der Waals surface area contributed by atoms with Crippen LogP contribution in [0.15, 0.2) is 4.52 Å². The van der Waals surface area contributed by atoms with Gasteiger partial charge in [-0.25, -0.2) is 4.79 Å². The molecule has 110 valence electrons. The van der Waals surface area contributed by atoms with E-state index in [9.17, 15) is 4.79 Å². The fourth-order valence-corrected chi connectivity index (χ4v) is 2.61. The Morgan fingerprint density at radius 1 is 1.62 bits per heavy atom. The largest absolute Gasteiger partial charge is 0.465 e. The van der Waals surface area contributed by atoms with Crippen LogP contribution in [0.4, 0.5) is 10.7 Å². The van der Waals surface area contributed by atoms with Gasteiger partial charge in [-0.15, -0.1) is 11.3 Å². The topological polar surface area (TPSA) is 127 Å². The Morgan fingerprint density at radius 2 is 2.38 bits per heavy atom. The van der Waals surface area contributed by atoms with Gasteiger partial charge >= 0.3 is 5.97 Å². The van der Waals surface area contributed by atoms with Gasteiger partial charge in [0.25, 0.3) is 0 Å². The maximum absolute atomic E-state index is 11.7. The smallest absolute Gasteiger partial charge is 0.343 e. The van der Waals surface area contributed by atoms with Gasteiger partial charge in [0.15, 0.2) is 5.82 Å². The summed E-state index contributed by atoms with van der Waals surface area (Å²) < 4.78 is 9.67. The number of ether oxygens (including phenoxy) is 1. The lowest BCUT2D eigenvalue weighted by atomic mass is 10.2. The molecule has 0 aromatic carbocycles. The van der Waals surface area contributed by atoms with E-state index in [0.29, 0.717) is 29.7 Å². The molecule has 0 fully saturated rings. The zero-order chi connectivity index (χ0) is 15.4. The molecule has 0 radical (unpaired) electrons. The molecule has 2 rings (SSSR count). The van der Waals surface area contributed by atoms with Crippen LogP contribution in [-0.2, 0) is 11.2 Å². The number of hydrogen-bond donors (Lipinski definition) is 2. The zero-order valence-electron chi connectivity index (χ0n) is 11.5. The van der Waals surface area contributed by atoms with Crippen LogP contribution in [0.5, 0.6) is 0 Å². The minimum absolute atomic E-state index is 0.130. The lowest BCUT2D eigenvalue weighted by molar-refractivity contribution is 0.0603. The molecule has 0 aliphatic carbocycles. The number of aryl methyl sites for hydroxylation is 1. The molecule has 0 aliphatic rings. The summed E-state index contributed by atoms with van der Waals surface area (Å²) in [6.45, 7) is 2.19. The molecule has 2 aromatic heterocycles. The fourth-order valence-electron chi connectivity index (χ4n) is 1.68. The lowest BCUT2D eigenvalue weighted by Crippen LogP contribution is -2.10. The molecule has 3 N–H and O–H groups in total. The third-order valence-electron chi connectivity index (χ3n) is 2.63. The van der Waals surface area contributed by atoms with Gasteiger partial charge < -0.3 is 20.3 Å². The molecule has 0 aliphatic heterocycles. The van der Waals surface area contributed by atoms with E-state index in [1.807, 2.05) is 6.07 Å². The van der Waals surface area contributed by atoms with Gasteiger partial charge in [-0.3, -0.25) is 0 Å². The SMILES string of the molecule is COC(=O)c1c(NCCc2nc(C)no2)sc(C#N)c1N. The highest BCUT2D eigenvalue weighted by molar-refractivity contribution is 7.17. The standard InChI is InChI=1S/C12H13N5O3S/c1-6-16-8(20-17-6)3-4-15-11-9(12(18)19-2)10(14)7(5-13)21-11/h15H,3-4,14H2,1-2H3. The number of hydrogen-bond acceptors (Lipinski definition) is 9. The van der Waals surface area contributed by atoms with Crippen LogP contribution in [0.1, 0.15) is 27.0 Å². The molecule has 0 saturated carbocycles. The van der Waals surface area contributed by atoms with Crippen molar-refractivity contribution in [1.82, 2.24) is 10.1 Å². The minimum atomic E-state index is -0.582.